The maximum atomic E-state index is 13.0. The van der Waals surface area contributed by atoms with Crippen molar-refractivity contribution in [3.05, 3.63) is 69.3 Å². The van der Waals surface area contributed by atoms with Crippen LogP contribution in [0.3, 0.4) is 0 Å². The predicted octanol–water partition coefficient (Wildman–Crippen LogP) is 4.26. The summed E-state index contributed by atoms with van der Waals surface area (Å²) < 4.78 is 41.7. The number of aromatic nitrogens is 4. The van der Waals surface area contributed by atoms with E-state index in [1.54, 1.807) is 26.8 Å². The summed E-state index contributed by atoms with van der Waals surface area (Å²) in [5.41, 5.74) is 0.932. The van der Waals surface area contributed by atoms with E-state index in [1.165, 1.54) is 21.6 Å². The van der Waals surface area contributed by atoms with Crippen LogP contribution in [0, 0.1) is 24.0 Å². The van der Waals surface area contributed by atoms with Crippen LogP contribution in [0.5, 0.6) is 0 Å². The van der Waals surface area contributed by atoms with Gasteiger partial charge in [0.1, 0.15) is 18.4 Å². The van der Waals surface area contributed by atoms with E-state index in [9.17, 15) is 28.1 Å². The maximum absolute atomic E-state index is 13.0. The first-order chi connectivity index (χ1) is 15.0. The van der Waals surface area contributed by atoms with Crippen molar-refractivity contribution in [3.8, 4) is 0 Å². The minimum atomic E-state index is -4.44. The van der Waals surface area contributed by atoms with Crippen LogP contribution in [-0.2, 0) is 17.5 Å². The monoisotopic (exact) mass is 450 g/mol. The van der Waals surface area contributed by atoms with Crippen LogP contribution in [0.2, 0.25) is 0 Å². The van der Waals surface area contributed by atoms with Crippen molar-refractivity contribution in [2.75, 3.05) is 5.32 Å². The van der Waals surface area contributed by atoms with Gasteiger partial charge in [0, 0.05) is 0 Å². The van der Waals surface area contributed by atoms with Crippen molar-refractivity contribution in [2.45, 2.75) is 46.0 Å². The number of rotatable bonds is 7. The number of hydrogen-bond acceptors (Lipinski definition) is 5. The number of carbonyl (C=O) groups is 1. The summed E-state index contributed by atoms with van der Waals surface area (Å²) in [4.78, 5) is 23.1. The number of halogens is 3. The molecule has 0 saturated heterocycles. The summed E-state index contributed by atoms with van der Waals surface area (Å²) in [7, 11) is 0. The summed E-state index contributed by atoms with van der Waals surface area (Å²) in [6.45, 7) is 5.21. The zero-order valence-corrected chi connectivity index (χ0v) is 17.6. The topological polar surface area (TPSA) is 108 Å². The Morgan fingerprint density at radius 1 is 1.31 bits per heavy atom. The van der Waals surface area contributed by atoms with Gasteiger partial charge in [-0.25, -0.2) is 0 Å². The Labute approximate surface area is 181 Å². The Balaban J connectivity index is 1.81. The molecule has 0 aliphatic rings. The van der Waals surface area contributed by atoms with E-state index in [-0.39, 0.29) is 12.2 Å². The molecule has 2 heterocycles. The molecule has 12 heteroatoms. The lowest BCUT2D eigenvalue weighted by Gasteiger charge is -2.15. The molecule has 3 aromatic rings. The molecule has 0 saturated carbocycles. The van der Waals surface area contributed by atoms with Crippen LogP contribution in [-0.4, -0.2) is 30.4 Å². The number of amides is 1. The molecule has 1 unspecified atom stereocenters. The van der Waals surface area contributed by atoms with E-state index in [0.717, 1.165) is 18.3 Å². The molecule has 9 nitrogen and oxygen atoms in total. The van der Waals surface area contributed by atoms with Gasteiger partial charge in [-0.3, -0.25) is 24.3 Å². The van der Waals surface area contributed by atoms with Gasteiger partial charge in [0.15, 0.2) is 0 Å². The van der Waals surface area contributed by atoms with Crippen LogP contribution in [0.25, 0.3) is 0 Å². The Morgan fingerprint density at radius 3 is 2.62 bits per heavy atom. The van der Waals surface area contributed by atoms with E-state index in [4.69, 9.17) is 0 Å². The summed E-state index contributed by atoms with van der Waals surface area (Å²) in [6, 6.07) is 4.19. The van der Waals surface area contributed by atoms with Gasteiger partial charge in [-0.15, -0.1) is 0 Å². The number of alkyl halides is 3. The highest BCUT2D eigenvalue weighted by Gasteiger charge is 2.30. The number of hydrogen-bond donors (Lipinski definition) is 1. The Morgan fingerprint density at radius 2 is 2.03 bits per heavy atom. The highest BCUT2D eigenvalue weighted by atomic mass is 19.4. The summed E-state index contributed by atoms with van der Waals surface area (Å²) in [6.07, 6.45) is -1.86. The number of aryl methyl sites for hydroxylation is 1. The van der Waals surface area contributed by atoms with E-state index in [1.807, 2.05) is 0 Å². The van der Waals surface area contributed by atoms with E-state index in [2.05, 4.69) is 15.5 Å². The van der Waals surface area contributed by atoms with E-state index in [0.29, 0.717) is 29.1 Å². The van der Waals surface area contributed by atoms with Crippen molar-refractivity contribution < 1.29 is 22.9 Å². The summed E-state index contributed by atoms with van der Waals surface area (Å²) >= 11 is 0. The fourth-order valence-corrected chi connectivity index (χ4v) is 3.34. The number of nitro groups is 1. The summed E-state index contributed by atoms with van der Waals surface area (Å²) in [5, 5.41) is 21.9. The van der Waals surface area contributed by atoms with Crippen molar-refractivity contribution in [1.29, 1.82) is 0 Å². The highest BCUT2D eigenvalue weighted by molar-refractivity contribution is 5.94. The zero-order valence-electron chi connectivity index (χ0n) is 17.6. The largest absolute Gasteiger partial charge is 0.416 e. The number of carbonyl (C=O) groups excluding carboxylic acids is 1. The zero-order chi connectivity index (χ0) is 23.6. The fourth-order valence-electron chi connectivity index (χ4n) is 3.34. The lowest BCUT2D eigenvalue weighted by atomic mass is 10.1. The second-order valence-electron chi connectivity index (χ2n) is 7.25. The quantitative estimate of drug-likeness (QED) is 0.427. The van der Waals surface area contributed by atoms with Gasteiger partial charge in [0.05, 0.1) is 34.1 Å². The third-order valence-electron chi connectivity index (χ3n) is 5.02. The summed E-state index contributed by atoms with van der Waals surface area (Å²) in [5.74, 6) is -0.435. The first-order valence-electron chi connectivity index (χ1n) is 9.70. The Hall–Kier alpha value is -3.70. The minimum absolute atomic E-state index is 0.0923. The molecule has 0 aliphatic heterocycles. The Bertz CT molecular complexity index is 1150. The van der Waals surface area contributed by atoms with Gasteiger partial charge < -0.3 is 5.32 Å². The lowest BCUT2D eigenvalue weighted by molar-refractivity contribution is -0.385. The number of nitrogens with zero attached hydrogens (tertiary/aromatic N) is 5. The van der Waals surface area contributed by atoms with Gasteiger partial charge in [0.25, 0.3) is 0 Å². The van der Waals surface area contributed by atoms with Crippen molar-refractivity contribution in [2.24, 2.45) is 0 Å². The molecule has 3 rings (SSSR count). The molecule has 0 fully saturated rings. The number of anilines is 1. The smallest absolute Gasteiger partial charge is 0.321 e. The molecule has 0 spiro atoms. The first kappa shape index (κ1) is 23.0. The maximum Gasteiger partial charge on any atom is 0.416 e. The molecule has 170 valence electrons. The van der Waals surface area contributed by atoms with Crippen molar-refractivity contribution in [1.82, 2.24) is 19.6 Å². The second-order valence-corrected chi connectivity index (χ2v) is 7.25. The molecule has 1 atom stereocenters. The minimum Gasteiger partial charge on any atom is -0.321 e. The normalized spacial score (nSPS) is 12.6. The third kappa shape index (κ3) is 4.79. The van der Waals surface area contributed by atoms with Gasteiger partial charge in [-0.2, -0.15) is 23.4 Å². The average molecular weight is 450 g/mol. The van der Waals surface area contributed by atoms with E-state index >= 15 is 0 Å². The first-order valence-corrected chi connectivity index (χ1v) is 9.70. The Kier molecular flexibility index (Phi) is 6.32. The molecular weight excluding hydrogens is 429 g/mol. The van der Waals surface area contributed by atoms with Crippen LogP contribution in [0.1, 0.15) is 41.9 Å². The van der Waals surface area contributed by atoms with Crippen LogP contribution >= 0.6 is 0 Å². The van der Waals surface area contributed by atoms with E-state index < -0.39 is 28.6 Å². The highest BCUT2D eigenvalue weighted by Crippen LogP contribution is 2.30. The van der Waals surface area contributed by atoms with Gasteiger partial charge in [-0.05, 0) is 38.0 Å². The standard InChI is InChI=1S/C20H21F3N6O3/c1-4-17(28-11-16(9-24-28)29(31)32)19(30)25-18-12(2)26-27(13(18)3)10-14-6-5-7-15(8-14)20(21,22)23/h5-9,11,17H,4,10H2,1-3H3,(H,25,30). The molecule has 1 amide bonds. The molecule has 0 bridgehead atoms. The van der Waals surface area contributed by atoms with Crippen LogP contribution < -0.4 is 5.32 Å². The molecule has 0 radical (unpaired) electrons. The lowest BCUT2D eigenvalue weighted by Crippen LogP contribution is -2.26. The molecule has 1 N–H and O–H groups in total. The number of benzene rings is 1. The predicted molar refractivity (Wildman–Crippen MR) is 109 cm³/mol. The molecule has 0 aliphatic carbocycles. The van der Waals surface area contributed by atoms with Crippen LogP contribution in [0.15, 0.2) is 36.7 Å². The van der Waals surface area contributed by atoms with Crippen molar-refractivity contribution in [3.63, 3.8) is 0 Å². The second kappa shape index (κ2) is 8.81. The molecular formula is C20H21F3N6O3. The van der Waals surface area contributed by atoms with Crippen molar-refractivity contribution >= 4 is 17.3 Å². The van der Waals surface area contributed by atoms with Crippen LogP contribution in [0.4, 0.5) is 24.5 Å². The molecule has 1 aromatic carbocycles. The van der Waals surface area contributed by atoms with Gasteiger partial charge in [-0.1, -0.05) is 19.1 Å². The average Bonchev–Trinajstić information content (AvgIpc) is 3.30. The van der Waals surface area contributed by atoms with Gasteiger partial charge >= 0.3 is 11.9 Å². The fraction of sp³-hybridized carbons (Fsp3) is 0.350. The van der Waals surface area contributed by atoms with Gasteiger partial charge in [0.2, 0.25) is 5.91 Å². The molecule has 32 heavy (non-hydrogen) atoms. The molecule has 2 aromatic heterocycles. The SMILES string of the molecule is CCC(C(=O)Nc1c(C)nn(Cc2cccc(C(F)(F)F)c2)c1C)n1cc([N+](=O)[O-])cn1. The number of nitrogens with one attached hydrogen (secondary N) is 1. The third-order valence-corrected chi connectivity index (χ3v) is 5.02.